The van der Waals surface area contributed by atoms with E-state index < -0.39 is 0 Å². The first-order valence-electron chi connectivity index (χ1n) is 6.09. The van der Waals surface area contributed by atoms with E-state index in [0.29, 0.717) is 6.54 Å². The third kappa shape index (κ3) is 2.00. The van der Waals surface area contributed by atoms with Crippen LogP contribution >= 0.6 is 0 Å². The van der Waals surface area contributed by atoms with E-state index in [-0.39, 0.29) is 11.6 Å². The molecule has 4 heteroatoms. The van der Waals surface area contributed by atoms with Gasteiger partial charge < -0.3 is 15.5 Å². The van der Waals surface area contributed by atoms with Crippen molar-refractivity contribution in [3.8, 4) is 0 Å². The Balaban J connectivity index is 1.71. The lowest BCUT2D eigenvalue weighted by Crippen LogP contribution is -2.45. The summed E-state index contributed by atoms with van der Waals surface area (Å²) in [6.07, 6.45) is 1.03. The Morgan fingerprint density at radius 1 is 1.29 bits per heavy atom. The summed E-state index contributed by atoms with van der Waals surface area (Å²) >= 11 is 0. The van der Waals surface area contributed by atoms with Gasteiger partial charge in [-0.2, -0.15) is 0 Å². The predicted molar refractivity (Wildman–Crippen MR) is 65.6 cm³/mol. The van der Waals surface area contributed by atoms with E-state index in [2.05, 4.69) is 22.8 Å². The number of carbonyl (C=O) groups excluding carboxylic acids is 1. The van der Waals surface area contributed by atoms with Gasteiger partial charge in [0.05, 0.1) is 5.54 Å². The van der Waals surface area contributed by atoms with Crippen molar-refractivity contribution < 1.29 is 4.79 Å². The second kappa shape index (κ2) is 4.04. The normalized spacial score (nSPS) is 27.8. The average Bonchev–Trinajstić information content (AvgIpc) is 2.89. The van der Waals surface area contributed by atoms with Crippen LogP contribution in [0.4, 0.5) is 4.79 Å². The standard InChI is InChI=1S/C13H17N3O/c17-12-15-13(6-7-14-9-13)10-16(12)8-11-4-2-1-3-5-11/h1-5,14H,6-10H2,(H,15,17). The van der Waals surface area contributed by atoms with E-state index in [1.807, 2.05) is 23.1 Å². The van der Waals surface area contributed by atoms with Crippen LogP contribution in [-0.4, -0.2) is 36.1 Å². The first-order valence-corrected chi connectivity index (χ1v) is 6.09. The Kier molecular flexibility index (Phi) is 2.52. The molecule has 1 aromatic rings. The average molecular weight is 231 g/mol. The summed E-state index contributed by atoms with van der Waals surface area (Å²) in [6.45, 7) is 3.41. The van der Waals surface area contributed by atoms with Crippen LogP contribution in [0, 0.1) is 0 Å². The molecule has 1 atom stereocenters. The maximum Gasteiger partial charge on any atom is 0.318 e. The van der Waals surface area contributed by atoms with Crippen LogP contribution in [-0.2, 0) is 6.54 Å². The number of benzene rings is 1. The molecule has 0 radical (unpaired) electrons. The zero-order valence-electron chi connectivity index (χ0n) is 9.78. The second-order valence-corrected chi connectivity index (χ2v) is 4.98. The van der Waals surface area contributed by atoms with Crippen LogP contribution in [0.3, 0.4) is 0 Å². The number of hydrogen-bond acceptors (Lipinski definition) is 2. The zero-order valence-corrected chi connectivity index (χ0v) is 9.78. The van der Waals surface area contributed by atoms with Gasteiger partial charge in [0, 0.05) is 19.6 Å². The molecule has 2 fully saturated rings. The number of nitrogens with one attached hydrogen (secondary N) is 2. The van der Waals surface area contributed by atoms with Gasteiger partial charge in [-0.1, -0.05) is 30.3 Å². The van der Waals surface area contributed by atoms with Gasteiger partial charge in [0.25, 0.3) is 0 Å². The number of rotatable bonds is 2. The van der Waals surface area contributed by atoms with Crippen LogP contribution in [0.25, 0.3) is 0 Å². The largest absolute Gasteiger partial charge is 0.329 e. The van der Waals surface area contributed by atoms with E-state index >= 15 is 0 Å². The molecule has 0 bridgehead atoms. The number of amides is 2. The second-order valence-electron chi connectivity index (χ2n) is 4.98. The molecule has 2 aliphatic heterocycles. The minimum atomic E-state index is -0.0220. The molecule has 0 aliphatic carbocycles. The first kappa shape index (κ1) is 10.6. The van der Waals surface area contributed by atoms with E-state index in [9.17, 15) is 4.79 Å². The van der Waals surface area contributed by atoms with E-state index in [1.165, 1.54) is 5.56 Å². The maximum absolute atomic E-state index is 11.9. The Bertz CT molecular complexity index is 412. The van der Waals surface area contributed by atoms with Crippen molar-refractivity contribution in [1.82, 2.24) is 15.5 Å². The Hall–Kier alpha value is -1.55. The van der Waals surface area contributed by atoms with Crippen LogP contribution in [0.5, 0.6) is 0 Å². The molecule has 1 unspecified atom stereocenters. The number of carbonyl (C=O) groups is 1. The van der Waals surface area contributed by atoms with Crippen molar-refractivity contribution in [2.75, 3.05) is 19.6 Å². The maximum atomic E-state index is 11.9. The predicted octanol–water partition coefficient (Wildman–Crippen LogP) is 0.944. The highest BCUT2D eigenvalue weighted by atomic mass is 16.2. The zero-order chi connectivity index (χ0) is 11.7. The molecule has 0 aromatic heterocycles. The number of urea groups is 1. The summed E-state index contributed by atoms with van der Waals surface area (Å²) in [4.78, 5) is 13.8. The summed E-state index contributed by atoms with van der Waals surface area (Å²) in [5.74, 6) is 0. The van der Waals surface area contributed by atoms with E-state index in [1.54, 1.807) is 0 Å². The SMILES string of the molecule is O=C1NC2(CCNC2)CN1Cc1ccccc1. The molecule has 17 heavy (non-hydrogen) atoms. The molecule has 90 valence electrons. The molecule has 4 nitrogen and oxygen atoms in total. The van der Waals surface area contributed by atoms with Crippen molar-refractivity contribution in [3.05, 3.63) is 35.9 Å². The Morgan fingerprint density at radius 3 is 2.82 bits per heavy atom. The Morgan fingerprint density at radius 2 is 2.12 bits per heavy atom. The van der Waals surface area contributed by atoms with Gasteiger partial charge in [0.2, 0.25) is 0 Å². The fourth-order valence-electron chi connectivity index (χ4n) is 2.70. The molecule has 2 heterocycles. The summed E-state index contributed by atoms with van der Waals surface area (Å²) in [5.41, 5.74) is 1.16. The van der Waals surface area contributed by atoms with Gasteiger partial charge >= 0.3 is 6.03 Å². The van der Waals surface area contributed by atoms with Crippen molar-refractivity contribution in [1.29, 1.82) is 0 Å². The third-order valence-corrected chi connectivity index (χ3v) is 3.61. The minimum Gasteiger partial charge on any atom is -0.329 e. The number of nitrogens with zero attached hydrogens (tertiary/aromatic N) is 1. The summed E-state index contributed by atoms with van der Waals surface area (Å²) in [6, 6.07) is 10.2. The van der Waals surface area contributed by atoms with Crippen molar-refractivity contribution in [2.24, 2.45) is 0 Å². The molecule has 2 N–H and O–H groups in total. The molecule has 1 spiro atoms. The van der Waals surface area contributed by atoms with Crippen LogP contribution in [0.1, 0.15) is 12.0 Å². The molecular weight excluding hydrogens is 214 g/mol. The summed E-state index contributed by atoms with van der Waals surface area (Å²) < 4.78 is 0. The molecule has 2 aliphatic rings. The smallest absolute Gasteiger partial charge is 0.318 e. The van der Waals surface area contributed by atoms with Crippen molar-refractivity contribution >= 4 is 6.03 Å². The quantitative estimate of drug-likeness (QED) is 0.795. The van der Waals surface area contributed by atoms with Gasteiger partial charge in [-0.3, -0.25) is 0 Å². The molecular formula is C13H17N3O. The molecule has 2 amide bonds. The van der Waals surface area contributed by atoms with Crippen LogP contribution in [0.15, 0.2) is 30.3 Å². The van der Waals surface area contributed by atoms with Gasteiger partial charge in [-0.15, -0.1) is 0 Å². The molecule has 2 saturated heterocycles. The summed E-state index contributed by atoms with van der Waals surface area (Å²) in [7, 11) is 0. The van der Waals surface area contributed by atoms with Crippen LogP contribution < -0.4 is 10.6 Å². The third-order valence-electron chi connectivity index (χ3n) is 3.61. The van der Waals surface area contributed by atoms with Crippen molar-refractivity contribution in [2.45, 2.75) is 18.5 Å². The van der Waals surface area contributed by atoms with E-state index in [0.717, 1.165) is 26.1 Å². The fraction of sp³-hybridized carbons (Fsp3) is 0.462. The molecule has 1 aromatic carbocycles. The lowest BCUT2D eigenvalue weighted by Gasteiger charge is -2.21. The molecule has 3 rings (SSSR count). The lowest BCUT2D eigenvalue weighted by molar-refractivity contribution is 0.215. The highest BCUT2D eigenvalue weighted by molar-refractivity contribution is 5.78. The highest BCUT2D eigenvalue weighted by Gasteiger charge is 2.44. The molecule has 0 saturated carbocycles. The highest BCUT2D eigenvalue weighted by Crippen LogP contribution is 2.23. The van der Waals surface area contributed by atoms with Crippen molar-refractivity contribution in [3.63, 3.8) is 0 Å². The minimum absolute atomic E-state index is 0.0220. The fourth-order valence-corrected chi connectivity index (χ4v) is 2.70. The lowest BCUT2D eigenvalue weighted by atomic mass is 10.0. The van der Waals surface area contributed by atoms with Gasteiger partial charge in [0.15, 0.2) is 0 Å². The van der Waals surface area contributed by atoms with Gasteiger partial charge in [0.1, 0.15) is 0 Å². The van der Waals surface area contributed by atoms with Crippen LogP contribution in [0.2, 0.25) is 0 Å². The first-order chi connectivity index (χ1) is 8.27. The Labute approximate surface area is 101 Å². The topological polar surface area (TPSA) is 44.4 Å². The number of hydrogen-bond donors (Lipinski definition) is 2. The monoisotopic (exact) mass is 231 g/mol. The van der Waals surface area contributed by atoms with E-state index in [4.69, 9.17) is 0 Å². The summed E-state index contributed by atoms with van der Waals surface area (Å²) in [5, 5.41) is 6.44. The van der Waals surface area contributed by atoms with Gasteiger partial charge in [-0.05, 0) is 18.5 Å². The van der Waals surface area contributed by atoms with Gasteiger partial charge in [-0.25, -0.2) is 4.79 Å².